The molecule has 0 aromatic heterocycles. The maximum atomic E-state index is 4.26. The van der Waals surface area contributed by atoms with Crippen molar-refractivity contribution < 1.29 is 0 Å². The maximum absolute atomic E-state index is 4.26. The van der Waals surface area contributed by atoms with Gasteiger partial charge in [0.2, 0.25) is 0 Å². The summed E-state index contributed by atoms with van der Waals surface area (Å²) < 4.78 is 0. The zero-order chi connectivity index (χ0) is 6.81. The van der Waals surface area contributed by atoms with E-state index in [2.05, 4.69) is 10.5 Å². The van der Waals surface area contributed by atoms with Crippen molar-refractivity contribution in [2.45, 2.75) is 12.8 Å². The van der Waals surface area contributed by atoms with E-state index >= 15 is 0 Å². The predicted octanol–water partition coefficient (Wildman–Crippen LogP) is -0.182. The lowest BCUT2D eigenvalue weighted by molar-refractivity contribution is -0.0365. The highest BCUT2D eigenvalue weighted by molar-refractivity contribution is 5.58. The second kappa shape index (κ2) is 2.56. The second-order valence-corrected chi connectivity index (χ2v) is 2.50. The van der Waals surface area contributed by atoms with E-state index in [1.54, 1.807) is 0 Å². The largest absolute Gasteiger partial charge is 0.212 e. The monoisotopic (exact) mass is 139 g/mol. The van der Waals surface area contributed by atoms with E-state index in [4.69, 9.17) is 0 Å². The summed E-state index contributed by atoms with van der Waals surface area (Å²) in [6.45, 7) is 3.01. The summed E-state index contributed by atoms with van der Waals surface area (Å²) in [5.74, 6) is 0. The summed E-state index contributed by atoms with van der Waals surface area (Å²) in [6, 6.07) is 0. The van der Waals surface area contributed by atoms with Crippen LogP contribution in [0.15, 0.2) is 5.10 Å². The van der Waals surface area contributed by atoms with Crippen molar-refractivity contribution in [1.82, 2.24) is 15.7 Å². The first-order chi connectivity index (χ1) is 4.97. The van der Waals surface area contributed by atoms with Gasteiger partial charge in [-0.1, -0.05) is 0 Å². The molecule has 0 spiro atoms. The molecule has 2 heterocycles. The number of rotatable bonds is 1. The Labute approximate surface area is 60.4 Å². The fourth-order valence-corrected chi connectivity index (χ4v) is 1.22. The molecule has 55 valence electrons. The van der Waals surface area contributed by atoms with Gasteiger partial charge in [0, 0.05) is 25.7 Å². The summed E-state index contributed by atoms with van der Waals surface area (Å²) in [4.78, 5) is 0. The topological polar surface area (TPSA) is 32.9 Å². The third-order valence-electron chi connectivity index (χ3n) is 1.72. The van der Waals surface area contributed by atoms with Crippen LogP contribution in [0.1, 0.15) is 12.8 Å². The molecule has 0 aromatic rings. The van der Waals surface area contributed by atoms with Crippen LogP contribution in [-0.2, 0) is 0 Å². The number of hydrogen-bond acceptors (Lipinski definition) is 3. The Balaban J connectivity index is 1.91. The van der Waals surface area contributed by atoms with E-state index < -0.39 is 0 Å². The minimum absolute atomic E-state index is 0.964. The highest BCUT2D eigenvalue weighted by atomic mass is 15.9. The summed E-state index contributed by atoms with van der Waals surface area (Å²) >= 11 is 0. The third kappa shape index (κ3) is 0.998. The summed E-state index contributed by atoms with van der Waals surface area (Å²) in [6.07, 6.45) is 4.17. The molecule has 0 aliphatic carbocycles. The van der Waals surface area contributed by atoms with Crippen LogP contribution in [0.25, 0.3) is 0 Å². The minimum atomic E-state index is 0.964. The summed E-state index contributed by atoms with van der Waals surface area (Å²) in [7, 11) is 0. The lowest BCUT2D eigenvalue weighted by atomic mass is 10.5. The van der Waals surface area contributed by atoms with Gasteiger partial charge < -0.3 is 0 Å². The molecule has 0 amide bonds. The van der Waals surface area contributed by atoms with Crippen LogP contribution in [0.4, 0.5) is 0 Å². The van der Waals surface area contributed by atoms with Crippen LogP contribution in [0, 0.1) is 0 Å². The van der Waals surface area contributed by atoms with E-state index in [1.165, 1.54) is 6.42 Å². The van der Waals surface area contributed by atoms with Crippen molar-refractivity contribution >= 4 is 6.21 Å². The number of hydrazone groups is 1. The Kier molecular flexibility index (Phi) is 1.56. The molecule has 2 aliphatic rings. The zero-order valence-corrected chi connectivity index (χ0v) is 5.90. The van der Waals surface area contributed by atoms with Gasteiger partial charge in [-0.15, -0.1) is 10.5 Å². The summed E-state index contributed by atoms with van der Waals surface area (Å²) in [5, 5.41) is 8.06. The van der Waals surface area contributed by atoms with Gasteiger partial charge in [-0.25, -0.2) is 5.12 Å². The molecule has 4 nitrogen and oxygen atoms in total. The normalized spacial score (nSPS) is 26.6. The van der Waals surface area contributed by atoms with Crippen LogP contribution >= 0.6 is 0 Å². The molecule has 0 atom stereocenters. The average Bonchev–Trinajstić information content (AvgIpc) is 2.59. The van der Waals surface area contributed by atoms with E-state index in [1.807, 2.05) is 16.5 Å². The number of hydrazine groups is 1. The van der Waals surface area contributed by atoms with Crippen LogP contribution in [0.5, 0.6) is 0 Å². The fourth-order valence-electron chi connectivity index (χ4n) is 1.22. The molecule has 1 radical (unpaired) electrons. The van der Waals surface area contributed by atoms with Crippen molar-refractivity contribution in [3.05, 3.63) is 0 Å². The van der Waals surface area contributed by atoms with Gasteiger partial charge in [0.1, 0.15) is 0 Å². The molecule has 4 heteroatoms. The van der Waals surface area contributed by atoms with Crippen LogP contribution in [-0.4, -0.2) is 36.1 Å². The van der Waals surface area contributed by atoms with Gasteiger partial charge in [0.25, 0.3) is 0 Å². The van der Waals surface area contributed by atoms with Gasteiger partial charge in [-0.05, 0) is 6.42 Å². The van der Waals surface area contributed by atoms with Crippen LogP contribution in [0.3, 0.4) is 0 Å². The fraction of sp³-hybridized carbons (Fsp3) is 0.833. The molecule has 0 bridgehead atoms. The molecule has 2 rings (SSSR count). The standard InChI is InChI=1S/C6H11N4/c1-3-7-9(5-1)10-6-2-4-8-10/h3H,1-2,4-6H2. The van der Waals surface area contributed by atoms with Gasteiger partial charge in [-0.3, -0.25) is 0 Å². The lowest BCUT2D eigenvalue weighted by Crippen LogP contribution is -2.38. The van der Waals surface area contributed by atoms with E-state index in [-0.39, 0.29) is 0 Å². The average molecular weight is 139 g/mol. The molecule has 0 N–H and O–H groups in total. The molecule has 1 saturated heterocycles. The smallest absolute Gasteiger partial charge is 0.0600 e. The Morgan fingerprint density at radius 1 is 1.20 bits per heavy atom. The molecular formula is C6H11N4. The number of hydrogen-bond donors (Lipinski definition) is 0. The molecule has 0 saturated carbocycles. The Hall–Kier alpha value is -0.610. The quantitative estimate of drug-likeness (QED) is 0.505. The van der Waals surface area contributed by atoms with Gasteiger partial charge in [0.05, 0.1) is 6.54 Å². The molecule has 0 aromatic carbocycles. The first-order valence-electron chi connectivity index (χ1n) is 3.72. The third-order valence-corrected chi connectivity index (χ3v) is 1.72. The highest BCUT2D eigenvalue weighted by Crippen LogP contribution is 2.08. The van der Waals surface area contributed by atoms with E-state index in [0.717, 1.165) is 26.1 Å². The maximum Gasteiger partial charge on any atom is 0.0600 e. The van der Waals surface area contributed by atoms with Crippen molar-refractivity contribution in [2.24, 2.45) is 5.10 Å². The van der Waals surface area contributed by atoms with Crippen molar-refractivity contribution in [3.8, 4) is 0 Å². The zero-order valence-electron chi connectivity index (χ0n) is 5.90. The Morgan fingerprint density at radius 3 is 2.80 bits per heavy atom. The van der Waals surface area contributed by atoms with Crippen molar-refractivity contribution in [2.75, 3.05) is 19.6 Å². The Morgan fingerprint density at radius 2 is 2.20 bits per heavy atom. The van der Waals surface area contributed by atoms with E-state index in [9.17, 15) is 0 Å². The molecule has 0 unspecified atom stereocenters. The predicted molar refractivity (Wildman–Crippen MR) is 38.1 cm³/mol. The summed E-state index contributed by atoms with van der Waals surface area (Å²) in [5.41, 5.74) is 4.26. The van der Waals surface area contributed by atoms with Crippen molar-refractivity contribution in [1.29, 1.82) is 0 Å². The molecule has 2 aliphatic heterocycles. The van der Waals surface area contributed by atoms with Crippen LogP contribution < -0.4 is 5.43 Å². The van der Waals surface area contributed by atoms with Gasteiger partial charge >= 0.3 is 0 Å². The first kappa shape index (κ1) is 6.12. The number of nitrogens with zero attached hydrogens (tertiary/aromatic N) is 4. The molecule has 10 heavy (non-hydrogen) atoms. The Bertz CT molecular complexity index is 139. The molecular weight excluding hydrogens is 128 g/mol. The first-order valence-corrected chi connectivity index (χ1v) is 3.72. The SMILES string of the molecule is C1=NN(N2CCC[N]2)CC1. The van der Waals surface area contributed by atoms with Gasteiger partial charge in [0.15, 0.2) is 0 Å². The second-order valence-electron chi connectivity index (χ2n) is 2.50. The van der Waals surface area contributed by atoms with Gasteiger partial charge in [-0.2, -0.15) is 5.10 Å². The van der Waals surface area contributed by atoms with Crippen LogP contribution in [0.2, 0.25) is 0 Å². The highest BCUT2D eigenvalue weighted by Gasteiger charge is 2.20. The minimum Gasteiger partial charge on any atom is -0.212 e. The molecule has 1 fully saturated rings. The van der Waals surface area contributed by atoms with E-state index in [0.29, 0.717) is 0 Å². The lowest BCUT2D eigenvalue weighted by Gasteiger charge is -2.22. The van der Waals surface area contributed by atoms with Crippen molar-refractivity contribution in [3.63, 3.8) is 0 Å².